The molecule has 2 amide bonds. The van der Waals surface area contributed by atoms with Gasteiger partial charge in [0.25, 0.3) is 5.91 Å². The maximum absolute atomic E-state index is 12.0. The van der Waals surface area contributed by atoms with E-state index in [-0.39, 0.29) is 23.6 Å². The van der Waals surface area contributed by atoms with Gasteiger partial charge >= 0.3 is 0 Å². The van der Waals surface area contributed by atoms with Gasteiger partial charge in [0.15, 0.2) is 6.04 Å². The third kappa shape index (κ3) is 3.87. The van der Waals surface area contributed by atoms with E-state index in [9.17, 15) is 9.59 Å². The summed E-state index contributed by atoms with van der Waals surface area (Å²) in [5.74, 6) is -0.0803. The van der Waals surface area contributed by atoms with Crippen molar-refractivity contribution in [2.45, 2.75) is 57.9 Å². The maximum Gasteiger partial charge on any atom is 0.252 e. The van der Waals surface area contributed by atoms with Crippen LogP contribution in [0.2, 0.25) is 0 Å². The molecule has 6 heteroatoms. The first-order valence-corrected chi connectivity index (χ1v) is 8.00. The molecule has 6 nitrogen and oxygen atoms in total. The van der Waals surface area contributed by atoms with E-state index in [1.165, 1.54) is 26.3 Å². The standard InChI is InChI=1S/C16H25N3O3/c1-10(2)14(20)19-13(15(21)17-3)16-18-12(9-22-16)11-7-5-4-6-8-11/h9-11,13H,4-8H2,1-3H3,(H,17,21)(H,19,20). The first-order chi connectivity index (χ1) is 10.5. The molecule has 0 saturated heterocycles. The highest BCUT2D eigenvalue weighted by Crippen LogP contribution is 2.32. The second kappa shape index (κ2) is 7.42. The highest BCUT2D eigenvalue weighted by molar-refractivity contribution is 5.88. The number of oxazole rings is 1. The van der Waals surface area contributed by atoms with Crippen molar-refractivity contribution >= 4 is 11.8 Å². The number of nitrogens with one attached hydrogen (secondary N) is 2. The summed E-state index contributed by atoms with van der Waals surface area (Å²) in [4.78, 5) is 28.4. The molecule has 22 heavy (non-hydrogen) atoms. The van der Waals surface area contributed by atoms with Gasteiger partial charge in [-0.1, -0.05) is 33.1 Å². The fourth-order valence-electron chi connectivity index (χ4n) is 2.71. The number of hydrogen-bond donors (Lipinski definition) is 2. The lowest BCUT2D eigenvalue weighted by Gasteiger charge is -2.19. The summed E-state index contributed by atoms with van der Waals surface area (Å²) < 4.78 is 5.50. The molecule has 122 valence electrons. The van der Waals surface area contributed by atoms with Crippen LogP contribution in [0.3, 0.4) is 0 Å². The second-order valence-corrected chi connectivity index (χ2v) is 6.16. The van der Waals surface area contributed by atoms with E-state index < -0.39 is 6.04 Å². The van der Waals surface area contributed by atoms with Gasteiger partial charge in [0.1, 0.15) is 6.26 Å². The Bertz CT molecular complexity index is 518. The zero-order chi connectivity index (χ0) is 16.1. The van der Waals surface area contributed by atoms with Crippen molar-refractivity contribution in [2.24, 2.45) is 5.92 Å². The van der Waals surface area contributed by atoms with Gasteiger partial charge in [0.05, 0.1) is 5.69 Å². The number of nitrogens with zero attached hydrogens (tertiary/aromatic N) is 1. The number of aromatic nitrogens is 1. The van der Waals surface area contributed by atoms with Crippen LogP contribution in [0.15, 0.2) is 10.7 Å². The summed E-state index contributed by atoms with van der Waals surface area (Å²) in [6.07, 6.45) is 7.52. The zero-order valence-electron chi connectivity index (χ0n) is 13.5. The molecule has 1 aromatic heterocycles. The molecule has 1 saturated carbocycles. The highest BCUT2D eigenvalue weighted by Gasteiger charge is 2.29. The predicted octanol–water partition coefficient (Wildman–Crippen LogP) is 2.28. The van der Waals surface area contributed by atoms with E-state index >= 15 is 0 Å². The molecule has 1 aliphatic rings. The van der Waals surface area contributed by atoms with Crippen LogP contribution in [0, 0.1) is 5.92 Å². The van der Waals surface area contributed by atoms with Crippen LogP contribution in [0.25, 0.3) is 0 Å². The Balaban J connectivity index is 2.15. The third-order valence-electron chi connectivity index (χ3n) is 4.13. The Kier molecular flexibility index (Phi) is 5.57. The molecular formula is C16H25N3O3. The van der Waals surface area contributed by atoms with E-state index in [4.69, 9.17) is 4.42 Å². The van der Waals surface area contributed by atoms with Crippen molar-refractivity contribution < 1.29 is 14.0 Å². The smallest absolute Gasteiger partial charge is 0.252 e. The van der Waals surface area contributed by atoms with Gasteiger partial charge in [-0.2, -0.15) is 0 Å². The fourth-order valence-corrected chi connectivity index (χ4v) is 2.71. The molecule has 2 rings (SSSR count). The monoisotopic (exact) mass is 307 g/mol. The van der Waals surface area contributed by atoms with Gasteiger partial charge in [0, 0.05) is 18.9 Å². The number of carbonyl (C=O) groups excluding carboxylic acids is 2. The van der Waals surface area contributed by atoms with E-state index in [1.807, 2.05) is 0 Å². The Morgan fingerprint density at radius 1 is 1.23 bits per heavy atom. The van der Waals surface area contributed by atoms with Gasteiger partial charge in [-0.05, 0) is 12.8 Å². The summed E-state index contributed by atoms with van der Waals surface area (Å²) in [5, 5.41) is 5.24. The molecule has 1 atom stereocenters. The van der Waals surface area contributed by atoms with Gasteiger partial charge in [-0.3, -0.25) is 9.59 Å². The topological polar surface area (TPSA) is 84.2 Å². The van der Waals surface area contributed by atoms with Crippen LogP contribution in [-0.2, 0) is 9.59 Å². The van der Waals surface area contributed by atoms with Crippen molar-refractivity contribution in [3.8, 4) is 0 Å². The van der Waals surface area contributed by atoms with E-state index in [1.54, 1.807) is 20.1 Å². The molecule has 1 aliphatic carbocycles. The minimum absolute atomic E-state index is 0.203. The van der Waals surface area contributed by atoms with E-state index in [2.05, 4.69) is 15.6 Å². The fraction of sp³-hybridized carbons (Fsp3) is 0.688. The molecule has 0 aromatic carbocycles. The number of amides is 2. The van der Waals surface area contributed by atoms with Crippen molar-refractivity contribution in [3.05, 3.63) is 17.8 Å². The number of carbonyl (C=O) groups is 2. The second-order valence-electron chi connectivity index (χ2n) is 6.16. The average molecular weight is 307 g/mol. The van der Waals surface area contributed by atoms with Crippen molar-refractivity contribution in [1.29, 1.82) is 0 Å². The quantitative estimate of drug-likeness (QED) is 0.874. The predicted molar refractivity (Wildman–Crippen MR) is 82.1 cm³/mol. The summed E-state index contributed by atoms with van der Waals surface area (Å²) in [7, 11) is 1.53. The Labute approximate surface area is 131 Å². The number of likely N-dealkylation sites (N-methyl/N-ethyl adjacent to an activating group) is 1. The van der Waals surface area contributed by atoms with Gasteiger partial charge in [-0.15, -0.1) is 0 Å². The molecule has 0 spiro atoms. The Morgan fingerprint density at radius 3 is 2.50 bits per heavy atom. The van der Waals surface area contributed by atoms with Gasteiger partial charge in [0.2, 0.25) is 11.8 Å². The summed E-state index contributed by atoms with van der Waals surface area (Å²) in [6.45, 7) is 3.55. The molecule has 0 bridgehead atoms. The maximum atomic E-state index is 12.0. The molecule has 1 unspecified atom stereocenters. The highest BCUT2D eigenvalue weighted by atomic mass is 16.3. The van der Waals surface area contributed by atoms with Gasteiger partial charge < -0.3 is 15.1 Å². The molecule has 0 aliphatic heterocycles. The normalized spacial score (nSPS) is 17.3. The Morgan fingerprint density at radius 2 is 1.91 bits per heavy atom. The lowest BCUT2D eigenvalue weighted by atomic mass is 9.87. The summed E-state index contributed by atoms with van der Waals surface area (Å²) in [6, 6.07) is -0.878. The van der Waals surface area contributed by atoms with Crippen molar-refractivity contribution in [2.75, 3.05) is 7.05 Å². The molecule has 0 radical (unpaired) electrons. The lowest BCUT2D eigenvalue weighted by molar-refractivity contribution is -0.131. The largest absolute Gasteiger partial charge is 0.446 e. The third-order valence-corrected chi connectivity index (χ3v) is 4.13. The van der Waals surface area contributed by atoms with Gasteiger partial charge in [-0.25, -0.2) is 4.98 Å². The van der Waals surface area contributed by atoms with E-state index in [0.717, 1.165) is 18.5 Å². The minimum atomic E-state index is -0.878. The van der Waals surface area contributed by atoms with E-state index in [0.29, 0.717) is 5.92 Å². The molecule has 1 heterocycles. The average Bonchev–Trinajstić information content (AvgIpc) is 3.02. The lowest BCUT2D eigenvalue weighted by Crippen LogP contribution is -2.40. The molecule has 1 aromatic rings. The minimum Gasteiger partial charge on any atom is -0.446 e. The van der Waals surface area contributed by atoms with Crippen LogP contribution < -0.4 is 10.6 Å². The number of rotatable bonds is 5. The van der Waals surface area contributed by atoms with Crippen LogP contribution >= 0.6 is 0 Å². The SMILES string of the molecule is CNC(=O)C(NC(=O)C(C)C)c1nc(C2CCCCC2)co1. The Hall–Kier alpha value is -1.85. The first-order valence-electron chi connectivity index (χ1n) is 8.00. The van der Waals surface area contributed by atoms with Crippen LogP contribution in [0.4, 0.5) is 0 Å². The first kappa shape index (κ1) is 16.5. The summed E-state index contributed by atoms with van der Waals surface area (Å²) in [5.41, 5.74) is 0.891. The number of hydrogen-bond acceptors (Lipinski definition) is 4. The summed E-state index contributed by atoms with van der Waals surface area (Å²) >= 11 is 0. The molecular weight excluding hydrogens is 282 g/mol. The van der Waals surface area contributed by atoms with Crippen LogP contribution in [0.1, 0.15) is 69.5 Å². The van der Waals surface area contributed by atoms with Crippen molar-refractivity contribution in [1.82, 2.24) is 15.6 Å². The zero-order valence-corrected chi connectivity index (χ0v) is 13.5. The van der Waals surface area contributed by atoms with Crippen molar-refractivity contribution in [3.63, 3.8) is 0 Å². The van der Waals surface area contributed by atoms with Crippen LogP contribution in [-0.4, -0.2) is 23.8 Å². The molecule has 1 fully saturated rings. The van der Waals surface area contributed by atoms with Crippen LogP contribution in [0.5, 0.6) is 0 Å². The molecule has 2 N–H and O–H groups in total.